The molecule has 1 aromatic carbocycles. The Morgan fingerprint density at radius 2 is 1.86 bits per heavy atom. The van der Waals surface area contributed by atoms with Crippen LogP contribution in [-0.4, -0.2) is 15.9 Å². The summed E-state index contributed by atoms with van der Waals surface area (Å²) in [6, 6.07) is 6.50. The van der Waals surface area contributed by atoms with Gasteiger partial charge in [-0.1, -0.05) is 12.1 Å². The molecule has 5 nitrogen and oxygen atoms in total. The normalized spacial score (nSPS) is 10.9. The van der Waals surface area contributed by atoms with Gasteiger partial charge in [-0.25, -0.2) is 0 Å². The molecule has 6 heteroatoms. The molecule has 14 heavy (non-hydrogen) atoms. The summed E-state index contributed by atoms with van der Waals surface area (Å²) in [7, 11) is -3.92. The topological polar surface area (TPSA) is 85.7 Å². The fourth-order valence-corrected chi connectivity index (χ4v) is 1.55. The summed E-state index contributed by atoms with van der Waals surface area (Å²) in [4.78, 5) is 20.2. The molecule has 2 N–H and O–H groups in total. The van der Waals surface area contributed by atoms with Gasteiger partial charge in [0.15, 0.2) is 4.98 Å². The van der Waals surface area contributed by atoms with Crippen molar-refractivity contribution in [3.63, 3.8) is 0 Å². The molecule has 0 amide bonds. The van der Waals surface area contributed by atoms with E-state index in [9.17, 15) is 4.57 Å². The van der Waals surface area contributed by atoms with Crippen LogP contribution in [0.25, 0.3) is 4.98 Å². The highest BCUT2D eigenvalue weighted by Crippen LogP contribution is 2.34. The number of rotatable bonds is 3. The maximum Gasteiger partial charge on any atom is 0.385 e. The van der Waals surface area contributed by atoms with Crippen LogP contribution in [-0.2, 0) is 11.0 Å². The van der Waals surface area contributed by atoms with E-state index in [-0.39, 0.29) is 6.16 Å². The molecule has 0 saturated carbocycles. The minimum absolute atomic E-state index is 0.164. The highest BCUT2D eigenvalue weighted by Gasteiger charge is 2.12. The fraction of sp³-hybridized carbons (Fsp3) is 0.250. The van der Waals surface area contributed by atoms with E-state index in [1.54, 1.807) is 24.3 Å². The maximum absolute atomic E-state index is 10.6. The van der Waals surface area contributed by atoms with Gasteiger partial charge in [-0.05, 0) is 12.0 Å². The molecule has 0 radical (unpaired) electrons. The maximum atomic E-state index is 10.6. The summed E-state index contributed by atoms with van der Waals surface area (Å²) in [5, 5.41) is 8.39. The van der Waals surface area contributed by atoms with Crippen molar-refractivity contribution in [2.45, 2.75) is 6.42 Å². The van der Waals surface area contributed by atoms with Gasteiger partial charge < -0.3 is 9.79 Å². The number of nitrogens with zero attached hydrogens (tertiary/aromatic N) is 2. The fourth-order valence-electron chi connectivity index (χ4n) is 1.00. The average Bonchev–Trinajstić information content (AvgIpc) is 2.14. The van der Waals surface area contributed by atoms with Crippen molar-refractivity contribution in [3.05, 3.63) is 34.8 Å². The molecular weight excluding hydrogens is 203 g/mol. The van der Waals surface area contributed by atoms with E-state index in [4.69, 9.17) is 15.2 Å². The molecule has 0 aliphatic carbocycles. The summed E-state index contributed by atoms with van der Waals surface area (Å²) in [5.74, 6) is 0. The second-order valence-corrected chi connectivity index (χ2v) is 4.68. The summed E-state index contributed by atoms with van der Waals surface area (Å²) in [6.07, 6.45) is 0.151. The van der Waals surface area contributed by atoms with Gasteiger partial charge in [-0.3, -0.25) is 4.57 Å². The van der Waals surface area contributed by atoms with Gasteiger partial charge in [-0.15, -0.1) is 0 Å². The van der Waals surface area contributed by atoms with Crippen LogP contribution < -0.4 is 0 Å². The van der Waals surface area contributed by atoms with E-state index in [0.717, 1.165) is 5.56 Å². The second-order valence-electron chi connectivity index (χ2n) is 2.90. The SMILES string of the molecule is N#[N+]c1ccc(CCP(=O)(O)O)cc1. The lowest BCUT2D eigenvalue weighted by Crippen LogP contribution is -1.92. The molecule has 0 aliphatic heterocycles. The van der Waals surface area contributed by atoms with Crippen LogP contribution in [0.5, 0.6) is 0 Å². The van der Waals surface area contributed by atoms with Crippen molar-refractivity contribution in [3.8, 4) is 0 Å². The van der Waals surface area contributed by atoms with Gasteiger partial charge in [0.05, 0.1) is 6.16 Å². The smallest absolute Gasteiger partial charge is 0.324 e. The van der Waals surface area contributed by atoms with Crippen LogP contribution in [0, 0.1) is 5.39 Å². The first-order valence-corrected chi connectivity index (χ1v) is 5.79. The third-order valence-corrected chi connectivity index (χ3v) is 2.55. The predicted octanol–water partition coefficient (Wildman–Crippen LogP) is 1.89. The van der Waals surface area contributed by atoms with E-state index in [0.29, 0.717) is 12.1 Å². The van der Waals surface area contributed by atoms with Crippen LogP contribution in [0.4, 0.5) is 5.69 Å². The van der Waals surface area contributed by atoms with Gasteiger partial charge in [0.2, 0.25) is 5.39 Å². The standard InChI is InChI=1S/C8H9N2O3P/c9-10-8-3-1-7(2-4-8)5-6-14(11,12)13/h1-4H,5-6H2,(H-,11,12,13)/p+1. The Morgan fingerprint density at radius 3 is 2.29 bits per heavy atom. The molecule has 0 bridgehead atoms. The number of diazo groups is 1. The molecule has 0 aromatic heterocycles. The molecule has 1 aromatic rings. The van der Waals surface area contributed by atoms with E-state index in [2.05, 4.69) is 4.98 Å². The van der Waals surface area contributed by atoms with Crippen molar-refractivity contribution in [1.82, 2.24) is 0 Å². The third-order valence-electron chi connectivity index (χ3n) is 1.74. The summed E-state index contributed by atoms with van der Waals surface area (Å²) in [6.45, 7) is 0. The zero-order valence-corrected chi connectivity index (χ0v) is 8.26. The average molecular weight is 213 g/mol. The van der Waals surface area contributed by atoms with Crippen molar-refractivity contribution in [1.29, 1.82) is 5.39 Å². The first-order chi connectivity index (χ1) is 6.51. The van der Waals surface area contributed by atoms with Gasteiger partial charge in [0, 0.05) is 12.1 Å². The minimum Gasteiger partial charge on any atom is -0.324 e. The summed E-state index contributed by atoms with van der Waals surface area (Å²) in [5.41, 5.74) is 1.23. The molecule has 74 valence electrons. The minimum atomic E-state index is -3.92. The first-order valence-electron chi connectivity index (χ1n) is 4.00. The lowest BCUT2D eigenvalue weighted by Gasteiger charge is -2.02. The molecule has 1 rings (SSSR count). The zero-order chi connectivity index (χ0) is 10.6. The molecule has 0 unspecified atom stereocenters. The van der Waals surface area contributed by atoms with Crippen LogP contribution in [0.2, 0.25) is 0 Å². The Labute approximate surface area is 81.2 Å². The monoisotopic (exact) mass is 213 g/mol. The number of hydrogen-bond donors (Lipinski definition) is 2. The predicted molar refractivity (Wildman–Crippen MR) is 51.8 cm³/mol. The Bertz CT molecular complexity index is 390. The summed E-state index contributed by atoms with van der Waals surface area (Å²) >= 11 is 0. The molecule has 0 fully saturated rings. The summed E-state index contributed by atoms with van der Waals surface area (Å²) < 4.78 is 10.6. The molecule has 0 aliphatic rings. The van der Waals surface area contributed by atoms with Crippen molar-refractivity contribution >= 4 is 13.3 Å². The first kappa shape index (κ1) is 10.9. The Kier molecular flexibility index (Phi) is 3.37. The number of benzene rings is 1. The van der Waals surface area contributed by atoms with E-state index in [1.165, 1.54) is 0 Å². The van der Waals surface area contributed by atoms with Crippen molar-refractivity contribution in [2.24, 2.45) is 0 Å². The van der Waals surface area contributed by atoms with Crippen LogP contribution in [0.1, 0.15) is 5.56 Å². The van der Waals surface area contributed by atoms with Crippen molar-refractivity contribution in [2.75, 3.05) is 6.16 Å². The molecule has 0 atom stereocenters. The van der Waals surface area contributed by atoms with Gasteiger partial charge >= 0.3 is 13.3 Å². The lowest BCUT2D eigenvalue weighted by atomic mass is 10.2. The molecular formula is C8H10N2O3P+. The quantitative estimate of drug-likeness (QED) is 0.593. The zero-order valence-electron chi connectivity index (χ0n) is 7.37. The largest absolute Gasteiger partial charge is 0.385 e. The number of hydrogen-bond acceptors (Lipinski definition) is 2. The van der Waals surface area contributed by atoms with Crippen LogP contribution in [0.15, 0.2) is 24.3 Å². The Balaban J connectivity index is 2.62. The van der Waals surface area contributed by atoms with Gasteiger partial charge in [0.25, 0.3) is 0 Å². The molecule has 0 heterocycles. The molecule has 0 saturated heterocycles. The number of aryl methyl sites for hydroxylation is 1. The van der Waals surface area contributed by atoms with Crippen LogP contribution in [0.3, 0.4) is 0 Å². The third kappa shape index (κ3) is 3.67. The Morgan fingerprint density at radius 1 is 1.29 bits per heavy atom. The van der Waals surface area contributed by atoms with E-state index < -0.39 is 7.60 Å². The van der Waals surface area contributed by atoms with Gasteiger partial charge in [-0.2, -0.15) is 0 Å². The molecule has 0 spiro atoms. The van der Waals surface area contributed by atoms with E-state index in [1.807, 2.05) is 0 Å². The highest BCUT2D eigenvalue weighted by atomic mass is 31.2. The van der Waals surface area contributed by atoms with E-state index >= 15 is 0 Å². The second kappa shape index (κ2) is 4.34. The highest BCUT2D eigenvalue weighted by molar-refractivity contribution is 7.51. The Hall–Kier alpha value is -1.21. The van der Waals surface area contributed by atoms with Crippen LogP contribution >= 0.6 is 7.60 Å². The van der Waals surface area contributed by atoms with Crippen molar-refractivity contribution < 1.29 is 14.4 Å². The lowest BCUT2D eigenvalue weighted by molar-refractivity contribution is 0.373. The van der Waals surface area contributed by atoms with Gasteiger partial charge in [0.1, 0.15) is 0 Å².